The van der Waals surface area contributed by atoms with Crippen LogP contribution in [0.3, 0.4) is 0 Å². The monoisotopic (exact) mass is 1380 g/mol. The molecule has 0 saturated carbocycles. The highest BCUT2D eigenvalue weighted by molar-refractivity contribution is 6.03. The van der Waals surface area contributed by atoms with Crippen molar-refractivity contribution < 1.29 is 108 Å². The van der Waals surface area contributed by atoms with Crippen LogP contribution in [0.4, 0.5) is 0 Å². The van der Waals surface area contributed by atoms with Gasteiger partial charge in [0.2, 0.25) is 53.2 Å². The number of nitrogens with one attached hydrogen (secondary N) is 5. The van der Waals surface area contributed by atoms with Crippen molar-refractivity contribution in [3.8, 4) is 0 Å². The number of imide groups is 1. The molecule has 18 N–H and O–H groups in total. The molecule has 33 nitrogen and oxygen atoms in total. The minimum Gasteiger partial charge on any atom is -0.479 e. The van der Waals surface area contributed by atoms with Gasteiger partial charge in [0.05, 0.1) is 43.9 Å². The van der Waals surface area contributed by atoms with E-state index in [1.165, 1.54) is 0 Å². The molecule has 3 heterocycles. The predicted molar refractivity (Wildman–Crippen MR) is 347 cm³/mol. The molecule has 0 spiro atoms. The van der Waals surface area contributed by atoms with Gasteiger partial charge in [-0.3, -0.25) is 53.0 Å². The molecule has 3 saturated heterocycles. The molecule has 552 valence electrons. The smallest absolute Gasteiger partial charge is 0.335 e. The summed E-state index contributed by atoms with van der Waals surface area (Å²) in [5.74, 6) is -17.9. The standard InChI is InChI=1S/C64H109N11O22/c1-6-7-8-9-10-11-16-19-22-26-40-34-46(82)75(45(81)33-39(78)25-21-18-15-13-12-14-17-20-24-36(2)3)49(38(5)77)56(87)68-37(4)59(90)73-31-28-43(79)50(73)57(88)69-41(27-23-30-67-64(65)66)54(85)71-47(52(83)61(92)93)55(86)70-42(35-76)60(91)74-32-29-44(80)51(74)58(89)72-48(63(96)97-40)53(84)62(94)95/h36-44,47-53,76-80,83-84H,6-35H2,1-5H3,(H,68,87)(H,69,88)(H,70,86)(H,71,85)(H,72,89)(H,92,93)(H,94,95)(H4,65,66,67)/t37-,38-,39?,40?,41+,42-,43+,44+,47-,48+,49-,50+,51+,52-,53+/m1/s1. The minimum atomic E-state index is -2.86. The molecule has 0 bridgehead atoms. The van der Waals surface area contributed by atoms with Crippen molar-refractivity contribution in [2.45, 2.75) is 293 Å². The van der Waals surface area contributed by atoms with Gasteiger partial charge < -0.3 is 98.5 Å². The van der Waals surface area contributed by atoms with E-state index in [0.29, 0.717) is 41.4 Å². The molecule has 3 aliphatic rings. The fraction of sp³-hybridized carbons (Fsp3) is 0.797. The van der Waals surface area contributed by atoms with Crippen LogP contribution in [-0.2, 0) is 62.3 Å². The van der Waals surface area contributed by atoms with E-state index in [4.69, 9.17) is 16.2 Å². The summed E-state index contributed by atoms with van der Waals surface area (Å²) in [5.41, 5.74) is 10.9. The first-order valence-electron chi connectivity index (χ1n) is 34.3. The summed E-state index contributed by atoms with van der Waals surface area (Å²) in [6.45, 7) is 6.10. The van der Waals surface area contributed by atoms with Crippen LogP contribution in [0.15, 0.2) is 4.99 Å². The summed E-state index contributed by atoms with van der Waals surface area (Å²) in [7, 11) is 0. The van der Waals surface area contributed by atoms with Crippen LogP contribution >= 0.6 is 0 Å². The number of carboxylic acids is 2. The number of aliphatic hydroxyl groups is 7. The Morgan fingerprint density at radius 3 is 1.59 bits per heavy atom. The van der Waals surface area contributed by atoms with E-state index in [0.717, 1.165) is 102 Å². The number of rotatable bonds is 33. The van der Waals surface area contributed by atoms with Crippen molar-refractivity contribution in [1.82, 2.24) is 41.3 Å². The number of aliphatic carboxylic acids is 2. The fourth-order valence-electron chi connectivity index (χ4n) is 12.1. The number of aliphatic imine (C=N–C) groups is 1. The van der Waals surface area contributed by atoms with Crippen LogP contribution in [0.5, 0.6) is 0 Å². The zero-order chi connectivity index (χ0) is 72.6. The molecule has 0 aromatic carbocycles. The Bertz CT molecular complexity index is 2630. The maximum Gasteiger partial charge on any atom is 0.335 e. The maximum absolute atomic E-state index is 15.1. The predicted octanol–water partition coefficient (Wildman–Crippen LogP) is -2.06. The highest BCUT2D eigenvalue weighted by Crippen LogP contribution is 2.25. The molecule has 3 aliphatic heterocycles. The van der Waals surface area contributed by atoms with Crippen molar-refractivity contribution >= 4 is 77.0 Å². The third kappa shape index (κ3) is 27.6. The van der Waals surface area contributed by atoms with Gasteiger partial charge in [0.15, 0.2) is 24.2 Å². The van der Waals surface area contributed by atoms with Crippen LogP contribution in [0.25, 0.3) is 0 Å². The number of cyclic esters (lactones) is 1. The molecule has 3 fully saturated rings. The molecular formula is C64H109N11O22. The van der Waals surface area contributed by atoms with E-state index in [9.17, 15) is 98.7 Å². The summed E-state index contributed by atoms with van der Waals surface area (Å²) >= 11 is 0. The van der Waals surface area contributed by atoms with E-state index in [1.54, 1.807) is 0 Å². The molecule has 97 heavy (non-hydrogen) atoms. The lowest BCUT2D eigenvalue weighted by Crippen LogP contribution is -2.64. The first-order valence-corrected chi connectivity index (χ1v) is 34.3. The van der Waals surface area contributed by atoms with E-state index >= 15 is 4.79 Å². The molecule has 3 rings (SSSR count). The van der Waals surface area contributed by atoms with Gasteiger partial charge in [-0.2, -0.15) is 0 Å². The number of hydrogen-bond acceptors (Lipinski definition) is 21. The second kappa shape index (κ2) is 43.3. The molecular weight excluding hydrogens is 1270 g/mol. The Labute approximate surface area is 566 Å². The van der Waals surface area contributed by atoms with Crippen LogP contribution in [-0.4, -0.2) is 255 Å². The molecule has 0 aromatic rings. The third-order valence-electron chi connectivity index (χ3n) is 17.5. The molecule has 15 atom stereocenters. The Morgan fingerprint density at radius 1 is 0.588 bits per heavy atom. The number of nitrogens with zero attached hydrogens (tertiary/aromatic N) is 4. The second-order valence-electron chi connectivity index (χ2n) is 26.1. The zero-order valence-corrected chi connectivity index (χ0v) is 56.7. The molecule has 0 radical (unpaired) electrons. The van der Waals surface area contributed by atoms with Gasteiger partial charge in [-0.05, 0) is 64.7 Å². The van der Waals surface area contributed by atoms with Crippen molar-refractivity contribution in [1.29, 1.82) is 0 Å². The SMILES string of the molecule is CCCCCCCCCCCC1CC(=O)N(C(=O)CC(O)CCCCCCCCCCC(C)C)[C@H]([C@@H](C)O)C(=O)N[C@H](C)C(=O)N2CC[C@H](O)[C@H]2C(=O)N[C@@H](CCCN=C(N)N)C(=O)N[C@H]([C@@H](O)C(=O)O)C(=O)N[C@H](CO)C(=O)N2CC[C@H](O)[C@H]2C(=O)N[C@@H]([C@H](O)C(=O)O)C(=O)O1. The number of ether oxygens (including phenoxy) is 1. The second-order valence-corrected chi connectivity index (χ2v) is 26.1. The van der Waals surface area contributed by atoms with Gasteiger partial charge in [0, 0.05) is 19.6 Å². The first kappa shape index (κ1) is 84.1. The minimum absolute atomic E-state index is 0.0631. The number of nitrogens with two attached hydrogens (primary N) is 2. The lowest BCUT2D eigenvalue weighted by molar-refractivity contribution is -0.167. The van der Waals surface area contributed by atoms with E-state index in [1.807, 2.05) is 16.0 Å². The van der Waals surface area contributed by atoms with Crippen molar-refractivity contribution in [3.63, 3.8) is 0 Å². The Kier molecular flexibility index (Phi) is 37.5. The summed E-state index contributed by atoms with van der Waals surface area (Å²) in [5, 5.41) is 108. The topological polar surface area (TPSA) is 530 Å². The Morgan fingerprint density at radius 2 is 1.07 bits per heavy atom. The van der Waals surface area contributed by atoms with Crippen molar-refractivity contribution in [2.75, 3.05) is 26.2 Å². The summed E-state index contributed by atoms with van der Waals surface area (Å²) in [4.78, 5) is 175. The highest BCUT2D eigenvalue weighted by Gasteiger charge is 2.49. The van der Waals surface area contributed by atoms with Gasteiger partial charge in [0.1, 0.15) is 48.4 Å². The first-order chi connectivity index (χ1) is 45.9. The lowest BCUT2D eigenvalue weighted by atomic mass is 10.0. The number of amides is 9. The zero-order valence-electron chi connectivity index (χ0n) is 56.7. The summed E-state index contributed by atoms with van der Waals surface area (Å²) < 4.78 is 5.76. The lowest BCUT2D eigenvalue weighted by Gasteiger charge is -2.34. The van der Waals surface area contributed by atoms with Gasteiger partial charge in [-0.25, -0.2) is 14.4 Å². The van der Waals surface area contributed by atoms with E-state index < -0.39 is 201 Å². The van der Waals surface area contributed by atoms with Crippen LogP contribution in [0.2, 0.25) is 0 Å². The molecule has 2 unspecified atom stereocenters. The average Bonchev–Trinajstić information content (AvgIpc) is 1.75. The normalized spacial score (nSPS) is 26.1. The number of fused-ring (bicyclic) bond motifs is 2. The van der Waals surface area contributed by atoms with Crippen LogP contribution < -0.4 is 38.1 Å². The Hall–Kier alpha value is -7.17. The fourth-order valence-corrected chi connectivity index (χ4v) is 12.1. The Balaban J connectivity index is 2.26. The summed E-state index contributed by atoms with van der Waals surface area (Å²) in [6, 6.07) is -17.2. The quantitative estimate of drug-likeness (QED) is 0.0145. The molecule has 33 heteroatoms. The van der Waals surface area contributed by atoms with Crippen molar-refractivity contribution in [2.24, 2.45) is 22.4 Å². The van der Waals surface area contributed by atoms with E-state index in [-0.39, 0.29) is 51.2 Å². The average molecular weight is 1380 g/mol. The number of aliphatic hydroxyl groups excluding tert-OH is 7. The number of esters is 1. The number of carboxylic acid groups (broad SMARTS) is 2. The number of unbranched alkanes of at least 4 members (excludes halogenated alkanes) is 15. The van der Waals surface area contributed by atoms with Crippen molar-refractivity contribution in [3.05, 3.63) is 0 Å². The number of hydrogen-bond donors (Lipinski definition) is 16. The highest BCUT2D eigenvalue weighted by atomic mass is 16.5. The number of guanidine groups is 1. The largest absolute Gasteiger partial charge is 0.479 e. The van der Waals surface area contributed by atoms with Gasteiger partial charge in [-0.15, -0.1) is 0 Å². The van der Waals surface area contributed by atoms with Gasteiger partial charge in [0.25, 0.3) is 0 Å². The van der Waals surface area contributed by atoms with Gasteiger partial charge >= 0.3 is 17.9 Å². The van der Waals surface area contributed by atoms with Crippen LogP contribution in [0, 0.1) is 5.92 Å². The molecule has 0 aromatic heterocycles. The summed E-state index contributed by atoms with van der Waals surface area (Å²) in [6.07, 6.45) is -2.12. The number of carbonyl (C=O) groups is 12. The molecule has 0 aliphatic carbocycles. The molecule has 9 amide bonds. The third-order valence-corrected chi connectivity index (χ3v) is 17.5. The number of carbonyl (C=O) groups excluding carboxylic acids is 10. The van der Waals surface area contributed by atoms with Crippen LogP contribution in [0.1, 0.15) is 202 Å². The maximum atomic E-state index is 15.1. The van der Waals surface area contributed by atoms with E-state index in [2.05, 4.69) is 36.4 Å². The van der Waals surface area contributed by atoms with Gasteiger partial charge in [-0.1, -0.05) is 130 Å².